The minimum atomic E-state index is -0.975. The number of aromatic carboxylic acids is 1. The summed E-state index contributed by atoms with van der Waals surface area (Å²) in [6.07, 6.45) is 4.11. The van der Waals surface area contributed by atoms with Crippen LogP contribution in [0.25, 0.3) is 10.4 Å². The van der Waals surface area contributed by atoms with Crippen molar-refractivity contribution in [2.24, 2.45) is 0 Å². The lowest BCUT2D eigenvalue weighted by molar-refractivity contribution is 0.0703. The van der Waals surface area contributed by atoms with E-state index in [-0.39, 0.29) is 4.88 Å². The van der Waals surface area contributed by atoms with E-state index in [0.717, 1.165) is 16.0 Å². The highest BCUT2D eigenvalue weighted by atomic mass is 32.1. The first kappa shape index (κ1) is 11.6. The van der Waals surface area contributed by atoms with E-state index in [2.05, 4.69) is 4.98 Å². The summed E-state index contributed by atoms with van der Waals surface area (Å²) < 4.78 is 0. The van der Waals surface area contributed by atoms with Gasteiger partial charge < -0.3 is 10.8 Å². The highest BCUT2D eigenvalue weighted by Crippen LogP contribution is 2.38. The summed E-state index contributed by atoms with van der Waals surface area (Å²) in [4.78, 5) is 16.2. The van der Waals surface area contributed by atoms with Crippen molar-refractivity contribution in [2.45, 2.75) is 13.3 Å². The molecule has 2 aromatic rings. The van der Waals surface area contributed by atoms with Gasteiger partial charge in [-0.05, 0) is 18.1 Å². The summed E-state index contributed by atoms with van der Waals surface area (Å²) in [7, 11) is 0. The van der Waals surface area contributed by atoms with Crippen LogP contribution in [0.1, 0.15) is 22.2 Å². The molecule has 0 amide bonds. The fourth-order valence-electron chi connectivity index (χ4n) is 1.72. The third-order valence-electron chi connectivity index (χ3n) is 2.52. The minimum Gasteiger partial charge on any atom is -0.477 e. The molecule has 0 atom stereocenters. The number of anilines is 1. The fourth-order valence-corrected chi connectivity index (χ4v) is 2.86. The average molecular weight is 248 g/mol. The maximum Gasteiger partial charge on any atom is 0.348 e. The van der Waals surface area contributed by atoms with Crippen molar-refractivity contribution in [1.82, 2.24) is 4.98 Å². The van der Waals surface area contributed by atoms with E-state index in [0.29, 0.717) is 12.1 Å². The van der Waals surface area contributed by atoms with Gasteiger partial charge in [0.2, 0.25) is 0 Å². The van der Waals surface area contributed by atoms with Gasteiger partial charge in [0.25, 0.3) is 0 Å². The van der Waals surface area contributed by atoms with Gasteiger partial charge in [0, 0.05) is 22.8 Å². The van der Waals surface area contributed by atoms with Gasteiger partial charge in [-0.25, -0.2) is 4.79 Å². The Morgan fingerprint density at radius 3 is 2.88 bits per heavy atom. The predicted octanol–water partition coefficient (Wildman–Crippen LogP) is 2.65. The quantitative estimate of drug-likeness (QED) is 0.875. The third-order valence-corrected chi connectivity index (χ3v) is 3.80. The molecule has 0 aromatic carbocycles. The van der Waals surface area contributed by atoms with E-state index in [9.17, 15) is 4.79 Å². The summed E-state index contributed by atoms with van der Waals surface area (Å²) in [6, 6.07) is 3.73. The molecule has 4 nitrogen and oxygen atoms in total. The number of carboxylic acid groups (broad SMARTS) is 1. The number of nitrogens with zero attached hydrogens (tertiary/aromatic N) is 1. The van der Waals surface area contributed by atoms with E-state index in [1.807, 2.05) is 19.1 Å². The number of thiophene rings is 1. The molecule has 0 fully saturated rings. The van der Waals surface area contributed by atoms with E-state index in [4.69, 9.17) is 10.8 Å². The van der Waals surface area contributed by atoms with Crippen molar-refractivity contribution in [3.8, 4) is 10.4 Å². The second-order valence-corrected chi connectivity index (χ2v) is 4.57. The van der Waals surface area contributed by atoms with E-state index in [1.165, 1.54) is 11.3 Å². The summed E-state index contributed by atoms with van der Waals surface area (Å²) in [5.74, 6) is -0.975. The van der Waals surface area contributed by atoms with Crippen LogP contribution in [0, 0.1) is 0 Å². The molecular weight excluding hydrogens is 236 g/mol. The molecule has 0 aliphatic heterocycles. The number of carboxylic acids is 1. The Bertz CT molecular complexity index is 549. The maximum atomic E-state index is 11.0. The number of hydrogen-bond acceptors (Lipinski definition) is 4. The standard InChI is InChI=1S/C12H12N2O2S/c1-2-8-9(13)11(12(15)16)17-10(8)7-4-3-5-14-6-7/h3-6H,2,13H2,1H3,(H,15,16). The van der Waals surface area contributed by atoms with E-state index < -0.39 is 5.97 Å². The smallest absolute Gasteiger partial charge is 0.348 e. The SMILES string of the molecule is CCc1c(-c2cccnc2)sc(C(=O)O)c1N. The minimum absolute atomic E-state index is 0.209. The number of aromatic nitrogens is 1. The highest BCUT2D eigenvalue weighted by Gasteiger charge is 2.20. The number of nitrogen functional groups attached to an aromatic ring is 1. The zero-order valence-corrected chi connectivity index (χ0v) is 10.1. The second kappa shape index (κ2) is 4.55. The van der Waals surface area contributed by atoms with Crippen molar-refractivity contribution in [3.63, 3.8) is 0 Å². The molecule has 88 valence electrons. The van der Waals surface area contributed by atoms with Crippen molar-refractivity contribution < 1.29 is 9.90 Å². The molecule has 0 bridgehead atoms. The van der Waals surface area contributed by atoms with Crippen LogP contribution in [-0.2, 0) is 6.42 Å². The lowest BCUT2D eigenvalue weighted by atomic mass is 10.1. The molecule has 0 aliphatic rings. The monoisotopic (exact) mass is 248 g/mol. The Kier molecular flexibility index (Phi) is 3.10. The highest BCUT2D eigenvalue weighted by molar-refractivity contribution is 7.18. The van der Waals surface area contributed by atoms with Gasteiger partial charge >= 0.3 is 5.97 Å². The van der Waals surface area contributed by atoms with Crippen LogP contribution in [0.2, 0.25) is 0 Å². The molecule has 0 saturated carbocycles. The number of hydrogen-bond donors (Lipinski definition) is 2. The Balaban J connectivity index is 2.62. The molecule has 3 N–H and O–H groups in total. The van der Waals surface area contributed by atoms with Crippen LogP contribution < -0.4 is 5.73 Å². The number of carbonyl (C=O) groups is 1. The lowest BCUT2D eigenvalue weighted by Gasteiger charge is -2.01. The van der Waals surface area contributed by atoms with Crippen LogP contribution in [0.15, 0.2) is 24.5 Å². The molecule has 0 radical (unpaired) electrons. The van der Waals surface area contributed by atoms with E-state index in [1.54, 1.807) is 12.4 Å². The molecule has 2 rings (SSSR count). The summed E-state index contributed by atoms with van der Waals surface area (Å²) >= 11 is 1.21. The van der Waals surface area contributed by atoms with Crippen molar-refractivity contribution in [1.29, 1.82) is 0 Å². The zero-order chi connectivity index (χ0) is 12.4. The summed E-state index contributed by atoms with van der Waals surface area (Å²) in [6.45, 7) is 1.96. The van der Waals surface area contributed by atoms with Gasteiger partial charge in [0.15, 0.2) is 0 Å². The Morgan fingerprint density at radius 1 is 1.59 bits per heavy atom. The Labute approximate surface area is 103 Å². The van der Waals surface area contributed by atoms with Gasteiger partial charge in [-0.15, -0.1) is 11.3 Å². The maximum absolute atomic E-state index is 11.0. The van der Waals surface area contributed by atoms with Crippen molar-refractivity contribution in [2.75, 3.05) is 5.73 Å². The molecule has 2 heterocycles. The first-order valence-electron chi connectivity index (χ1n) is 5.20. The summed E-state index contributed by atoms with van der Waals surface area (Å²) in [5.41, 5.74) is 8.04. The molecule has 17 heavy (non-hydrogen) atoms. The van der Waals surface area contributed by atoms with Gasteiger partial charge in [-0.1, -0.05) is 13.0 Å². The molecule has 0 spiro atoms. The van der Waals surface area contributed by atoms with E-state index >= 15 is 0 Å². The van der Waals surface area contributed by atoms with Crippen LogP contribution in [0.4, 0.5) is 5.69 Å². The molecule has 0 unspecified atom stereocenters. The van der Waals surface area contributed by atoms with Crippen molar-refractivity contribution >= 4 is 23.0 Å². The first-order valence-corrected chi connectivity index (χ1v) is 6.01. The Hall–Kier alpha value is -1.88. The van der Waals surface area contributed by atoms with Crippen molar-refractivity contribution in [3.05, 3.63) is 35.0 Å². The number of nitrogens with two attached hydrogens (primary N) is 1. The predicted molar refractivity (Wildman–Crippen MR) is 68.3 cm³/mol. The van der Waals surface area contributed by atoms with Gasteiger partial charge in [0.1, 0.15) is 4.88 Å². The third kappa shape index (κ3) is 2.01. The van der Waals surface area contributed by atoms with Crippen LogP contribution in [-0.4, -0.2) is 16.1 Å². The molecule has 0 saturated heterocycles. The van der Waals surface area contributed by atoms with Gasteiger partial charge in [0.05, 0.1) is 5.69 Å². The van der Waals surface area contributed by atoms with Crippen LogP contribution in [0.5, 0.6) is 0 Å². The molecule has 2 aromatic heterocycles. The molecule has 5 heteroatoms. The Morgan fingerprint density at radius 2 is 2.35 bits per heavy atom. The fraction of sp³-hybridized carbons (Fsp3) is 0.167. The largest absolute Gasteiger partial charge is 0.477 e. The number of pyridine rings is 1. The lowest BCUT2D eigenvalue weighted by Crippen LogP contribution is -1.99. The van der Waals surface area contributed by atoms with Gasteiger partial charge in [-0.2, -0.15) is 0 Å². The average Bonchev–Trinajstić information content (AvgIpc) is 2.67. The molecular formula is C12H12N2O2S. The second-order valence-electron chi connectivity index (χ2n) is 3.55. The topological polar surface area (TPSA) is 76.2 Å². The van der Waals surface area contributed by atoms with Crippen LogP contribution >= 0.6 is 11.3 Å². The number of rotatable bonds is 3. The zero-order valence-electron chi connectivity index (χ0n) is 9.30. The first-order chi connectivity index (χ1) is 8.15. The normalized spacial score (nSPS) is 10.4. The van der Waals surface area contributed by atoms with Crippen LogP contribution in [0.3, 0.4) is 0 Å². The summed E-state index contributed by atoms with van der Waals surface area (Å²) in [5, 5.41) is 9.06. The van der Waals surface area contributed by atoms with Gasteiger partial charge in [-0.3, -0.25) is 4.98 Å². The molecule has 0 aliphatic carbocycles.